The van der Waals surface area contributed by atoms with Crippen LogP contribution in [0, 0.1) is 17.2 Å². The molecular weight excluding hydrogens is 814 g/mol. The normalized spacial score (nSPS) is 20.1. The molecule has 16 nitrogen and oxygen atoms in total. The summed E-state index contributed by atoms with van der Waals surface area (Å²) in [5.74, 6) is -0.103. The van der Waals surface area contributed by atoms with Crippen LogP contribution in [0.3, 0.4) is 0 Å². The number of ether oxygens (including phenoxy) is 5. The van der Waals surface area contributed by atoms with Crippen molar-refractivity contribution in [3.05, 3.63) is 112 Å². The van der Waals surface area contributed by atoms with E-state index in [0.29, 0.717) is 28.2 Å². The molecule has 330 valence electrons. The molecule has 0 radical (unpaired) electrons. The van der Waals surface area contributed by atoms with Crippen molar-refractivity contribution in [3.63, 3.8) is 0 Å². The number of methoxy groups -OCH3 is 3. The first kappa shape index (κ1) is 39.6. The first-order valence-electron chi connectivity index (χ1n) is 22.6. The SMILES string of the molecule is [2H]C([2H])([2H])O[C@@H]1[C@H](OP(OCCC#N)N(C(C)C)C(C)C)[C@@H](C([2H])([2H])OC(c2ccccc2)(c2ccc(OC)cc2)c2ccc(OC)cc2)O[C@H]1n1cnc2c(=O)[nH]c(NC(=O)C(C)C)nc21. The van der Waals surface area contributed by atoms with Crippen molar-refractivity contribution in [2.24, 2.45) is 5.92 Å². The van der Waals surface area contributed by atoms with Crippen molar-refractivity contribution in [1.82, 2.24) is 24.2 Å². The van der Waals surface area contributed by atoms with Crippen molar-refractivity contribution in [2.75, 3.05) is 39.7 Å². The van der Waals surface area contributed by atoms with Crippen LogP contribution in [-0.4, -0.2) is 94.9 Å². The number of fused-ring (bicyclic) bond motifs is 1. The molecule has 0 spiro atoms. The van der Waals surface area contributed by atoms with Crippen molar-refractivity contribution >= 4 is 31.5 Å². The molecule has 5 atom stereocenters. The number of rotatable bonds is 20. The summed E-state index contributed by atoms with van der Waals surface area (Å²) >= 11 is 0. The summed E-state index contributed by atoms with van der Waals surface area (Å²) in [4.78, 5) is 37.5. The number of hydrogen-bond donors (Lipinski definition) is 2. The van der Waals surface area contributed by atoms with Crippen LogP contribution in [0.15, 0.2) is 90.0 Å². The molecule has 2 aromatic heterocycles. The second-order valence-electron chi connectivity index (χ2n) is 15.3. The summed E-state index contributed by atoms with van der Waals surface area (Å²) in [6, 6.07) is 24.5. The molecule has 1 unspecified atom stereocenters. The van der Waals surface area contributed by atoms with Gasteiger partial charge in [0.15, 0.2) is 17.4 Å². The minimum atomic E-state index is -3.14. The van der Waals surface area contributed by atoms with Gasteiger partial charge in [-0.1, -0.05) is 68.4 Å². The molecule has 17 heteroatoms. The maximum atomic E-state index is 13.4. The van der Waals surface area contributed by atoms with E-state index < -0.39 is 69.6 Å². The van der Waals surface area contributed by atoms with Crippen molar-refractivity contribution in [1.29, 1.82) is 5.26 Å². The molecule has 1 aliphatic rings. The highest BCUT2D eigenvalue weighted by Crippen LogP contribution is 2.51. The molecule has 3 heterocycles. The Labute approximate surface area is 370 Å². The monoisotopic (exact) mass is 874 g/mol. The van der Waals surface area contributed by atoms with E-state index in [4.69, 9.17) is 36.8 Å². The fourth-order valence-corrected chi connectivity index (χ4v) is 8.92. The van der Waals surface area contributed by atoms with Crippen LogP contribution in [0.5, 0.6) is 11.5 Å². The molecule has 62 heavy (non-hydrogen) atoms. The number of nitriles is 1. The van der Waals surface area contributed by atoms with Gasteiger partial charge in [0.25, 0.3) is 14.1 Å². The molecule has 6 rings (SSSR count). The van der Waals surface area contributed by atoms with Crippen molar-refractivity contribution in [3.8, 4) is 17.6 Å². The third kappa shape index (κ3) is 9.85. The Bertz CT molecular complexity index is 2480. The molecule has 1 saturated heterocycles. The smallest absolute Gasteiger partial charge is 0.280 e. The molecule has 2 N–H and O–H groups in total. The largest absolute Gasteiger partial charge is 0.497 e. The lowest BCUT2D eigenvalue weighted by atomic mass is 9.80. The molecule has 1 aliphatic heterocycles. The van der Waals surface area contributed by atoms with Gasteiger partial charge in [-0.15, -0.1) is 0 Å². The maximum absolute atomic E-state index is 13.4. The van der Waals surface area contributed by atoms with Crippen LogP contribution < -0.4 is 20.3 Å². The predicted octanol–water partition coefficient (Wildman–Crippen LogP) is 7.31. The third-order valence-corrected chi connectivity index (χ3v) is 12.3. The molecule has 0 bridgehead atoms. The average Bonchev–Trinajstić information content (AvgIpc) is 3.86. The number of aromatic amines is 1. The Morgan fingerprint density at radius 2 is 1.60 bits per heavy atom. The molecule has 0 aliphatic carbocycles. The summed E-state index contributed by atoms with van der Waals surface area (Å²) in [6.45, 7) is 7.90. The number of H-pyrrole nitrogens is 1. The number of benzene rings is 3. The van der Waals surface area contributed by atoms with Gasteiger partial charge in [-0.2, -0.15) is 10.2 Å². The Kier molecular flexibility index (Phi) is 13.3. The highest BCUT2D eigenvalue weighted by Gasteiger charge is 2.51. The fourth-order valence-electron chi connectivity index (χ4n) is 7.18. The number of imidazole rings is 1. The van der Waals surface area contributed by atoms with Gasteiger partial charge in [0, 0.05) is 25.0 Å². The van der Waals surface area contributed by atoms with Gasteiger partial charge in [0.1, 0.15) is 35.4 Å². The van der Waals surface area contributed by atoms with Crippen molar-refractivity contribution < 1.29 is 44.4 Å². The van der Waals surface area contributed by atoms with Gasteiger partial charge < -0.3 is 32.7 Å². The number of nitrogens with one attached hydrogen (secondary N) is 2. The van der Waals surface area contributed by atoms with Gasteiger partial charge in [0.2, 0.25) is 11.9 Å². The molecular formula is C45H56N7O9P. The minimum Gasteiger partial charge on any atom is -0.497 e. The molecule has 1 fully saturated rings. The second-order valence-corrected chi connectivity index (χ2v) is 16.7. The summed E-state index contributed by atoms with van der Waals surface area (Å²) in [6.07, 6.45) is -5.72. The van der Waals surface area contributed by atoms with E-state index in [9.17, 15) is 17.6 Å². The molecule has 3 aromatic carbocycles. The van der Waals surface area contributed by atoms with Crippen LogP contribution in [0.25, 0.3) is 11.2 Å². The lowest BCUT2D eigenvalue weighted by Gasteiger charge is -2.39. The van der Waals surface area contributed by atoms with E-state index in [1.165, 1.54) is 25.1 Å². The number of hydrogen-bond acceptors (Lipinski definition) is 13. The van der Waals surface area contributed by atoms with Crippen LogP contribution in [0.4, 0.5) is 5.95 Å². The van der Waals surface area contributed by atoms with Crippen molar-refractivity contribution in [2.45, 2.75) is 90.2 Å². The Morgan fingerprint density at radius 1 is 0.984 bits per heavy atom. The zero-order valence-electron chi connectivity index (χ0n) is 40.9. The van der Waals surface area contributed by atoms with Gasteiger partial charge in [-0.25, -0.2) is 9.65 Å². The van der Waals surface area contributed by atoms with E-state index >= 15 is 0 Å². The number of aromatic nitrogens is 4. The highest BCUT2D eigenvalue weighted by atomic mass is 31.2. The van der Waals surface area contributed by atoms with E-state index in [2.05, 4.69) is 26.3 Å². The molecule has 5 aromatic rings. The van der Waals surface area contributed by atoms with Crippen LogP contribution in [0.2, 0.25) is 0 Å². The lowest BCUT2D eigenvalue weighted by molar-refractivity contribution is -0.118. The highest BCUT2D eigenvalue weighted by molar-refractivity contribution is 7.44. The topological polar surface area (TPSA) is 184 Å². The predicted molar refractivity (Wildman–Crippen MR) is 235 cm³/mol. The summed E-state index contributed by atoms with van der Waals surface area (Å²) in [7, 11) is -2.32. The second kappa shape index (κ2) is 20.8. The van der Waals surface area contributed by atoms with Gasteiger partial charge >= 0.3 is 0 Å². The Hall–Kier alpha value is -5.24. The first-order valence-corrected chi connectivity index (χ1v) is 21.3. The number of nitrogens with zero attached hydrogens (tertiary/aromatic N) is 5. The third-order valence-electron chi connectivity index (χ3n) is 10.2. The Balaban J connectivity index is 1.61. The zero-order valence-corrected chi connectivity index (χ0v) is 36.8. The van der Waals surface area contributed by atoms with E-state index in [1.54, 1.807) is 86.6 Å². The van der Waals surface area contributed by atoms with E-state index in [1.807, 2.05) is 38.4 Å². The molecule has 0 saturated carbocycles. The molecule has 1 amide bonds. The van der Waals surface area contributed by atoms with Crippen LogP contribution >= 0.6 is 8.53 Å². The fraction of sp³-hybridized carbons (Fsp3) is 0.444. The number of carbonyl (C=O) groups excluding carboxylic acids is 1. The number of amides is 1. The Morgan fingerprint density at radius 3 is 2.15 bits per heavy atom. The summed E-state index contributed by atoms with van der Waals surface area (Å²) in [5.41, 5.74) is -1.40. The summed E-state index contributed by atoms with van der Waals surface area (Å²) < 4.78 is 92.5. The zero-order chi connectivity index (χ0) is 48.8. The van der Waals surface area contributed by atoms with Gasteiger partial charge in [0.05, 0.1) is 53.1 Å². The van der Waals surface area contributed by atoms with Gasteiger partial charge in [-0.3, -0.25) is 24.5 Å². The first-order chi connectivity index (χ1) is 31.7. The average molecular weight is 875 g/mol. The number of anilines is 1. The van der Waals surface area contributed by atoms with E-state index in [0.717, 1.165) is 0 Å². The number of carbonyl (C=O) groups is 1. The lowest BCUT2D eigenvalue weighted by Crippen LogP contribution is -2.42. The minimum absolute atomic E-state index is 0.0151. The quantitative estimate of drug-likeness (QED) is 0.0451. The van der Waals surface area contributed by atoms with Crippen LogP contribution in [0.1, 0.15) is 77.7 Å². The van der Waals surface area contributed by atoms with Crippen LogP contribution in [-0.2, 0) is 33.7 Å². The summed E-state index contributed by atoms with van der Waals surface area (Å²) in [5, 5.41) is 12.1. The van der Waals surface area contributed by atoms with E-state index in [-0.39, 0.29) is 42.2 Å². The maximum Gasteiger partial charge on any atom is 0.280 e. The van der Waals surface area contributed by atoms with Gasteiger partial charge in [-0.05, 0) is 68.7 Å². The standard InChI is InChI=1S/C45H56N7O9P/c1-28(2)41(53)49-44-48-40-37(42(54)50-44)47-27-51(40)43-39(57-9)38(61-62(59-25-13-24-46)52(29(3)4)30(5)6)36(60-43)26-58-45(31-14-11-10-12-15-31,32-16-20-34(55-7)21-17-32)33-18-22-35(56-8)23-19-33/h10-12,14-23,27-30,36,38-39,43H,13,25-26H2,1-9H3,(H2,48,49,50,53,54)/t36-,38-,39-,43-,62?/m1/s1/i9D3,26D2.